The average molecular weight is 300 g/mol. The zero-order valence-corrected chi connectivity index (χ0v) is 12.0. The summed E-state index contributed by atoms with van der Waals surface area (Å²) in [5.41, 5.74) is 1.15. The van der Waals surface area contributed by atoms with Crippen LogP contribution in [0.1, 0.15) is 18.1 Å². The van der Waals surface area contributed by atoms with Crippen molar-refractivity contribution >= 4 is 11.6 Å². The molecule has 114 valence electrons. The monoisotopic (exact) mass is 300 g/mol. The van der Waals surface area contributed by atoms with Crippen molar-refractivity contribution in [3.05, 3.63) is 35.9 Å². The van der Waals surface area contributed by atoms with Crippen molar-refractivity contribution in [2.45, 2.75) is 18.1 Å². The minimum absolute atomic E-state index is 0.0425. The van der Waals surface area contributed by atoms with Crippen LogP contribution >= 0.6 is 0 Å². The van der Waals surface area contributed by atoms with Gasteiger partial charge in [-0.3, -0.25) is 9.63 Å². The fraction of sp³-hybridized carbons (Fsp3) is 0.500. The van der Waals surface area contributed by atoms with Crippen molar-refractivity contribution in [1.29, 1.82) is 0 Å². The van der Waals surface area contributed by atoms with Crippen LogP contribution in [0, 0.1) is 11.8 Å². The van der Waals surface area contributed by atoms with Gasteiger partial charge in [0.2, 0.25) is 0 Å². The molecule has 5 rings (SSSR count). The highest BCUT2D eigenvalue weighted by Crippen LogP contribution is 2.55. The first-order valence-corrected chi connectivity index (χ1v) is 7.64. The smallest absolute Gasteiger partial charge is 0.296 e. The summed E-state index contributed by atoms with van der Waals surface area (Å²) < 4.78 is 6.11. The van der Waals surface area contributed by atoms with E-state index in [1.54, 1.807) is 0 Å². The van der Waals surface area contributed by atoms with Crippen LogP contribution in [-0.4, -0.2) is 42.0 Å². The Morgan fingerprint density at radius 3 is 2.91 bits per heavy atom. The quantitative estimate of drug-likeness (QED) is 0.784. The van der Waals surface area contributed by atoms with Crippen LogP contribution in [0.2, 0.25) is 0 Å². The van der Waals surface area contributed by atoms with E-state index in [1.165, 1.54) is 5.06 Å². The Kier molecular flexibility index (Phi) is 2.46. The minimum Gasteiger partial charge on any atom is -0.395 e. The van der Waals surface area contributed by atoms with E-state index in [1.807, 2.05) is 18.2 Å². The third-order valence-corrected chi connectivity index (χ3v) is 5.31. The predicted molar refractivity (Wildman–Crippen MR) is 75.6 cm³/mol. The Hall–Kier alpha value is -1.92. The Labute approximate surface area is 127 Å². The summed E-state index contributed by atoms with van der Waals surface area (Å²) in [5, 5.41) is 5.45. The number of carbonyl (C=O) groups excluding carboxylic acids is 1. The number of carbonyl (C=O) groups is 1. The standard InChI is InChI=1S/C16H16N2O4/c19-15-13-11(7-21-17-13)6-16-12(9-22-18(15)16)8-20-14(16)10-4-2-1-3-5-10/h1-5,11-12,14H,6-9H2/t11-,12-,14-,16+/m1/s1. The topological polar surface area (TPSA) is 60.4 Å². The molecule has 6 heteroatoms. The molecule has 22 heavy (non-hydrogen) atoms. The molecule has 3 fully saturated rings. The number of rotatable bonds is 1. The maximum absolute atomic E-state index is 12.7. The van der Waals surface area contributed by atoms with Crippen LogP contribution in [0.25, 0.3) is 0 Å². The van der Waals surface area contributed by atoms with E-state index in [0.717, 1.165) is 12.0 Å². The lowest BCUT2D eigenvalue weighted by Gasteiger charge is -2.44. The van der Waals surface area contributed by atoms with Gasteiger partial charge in [0.1, 0.15) is 18.2 Å². The SMILES string of the molecule is O=C1C2=NOC[C@H]2C[C@]23[C@H](CO[C@@H]2c2ccccc2)CON13. The van der Waals surface area contributed by atoms with Crippen LogP contribution in [0.3, 0.4) is 0 Å². The highest BCUT2D eigenvalue weighted by molar-refractivity contribution is 6.40. The summed E-state index contributed by atoms with van der Waals surface area (Å²) in [6, 6.07) is 10.1. The van der Waals surface area contributed by atoms with Crippen LogP contribution in [0.15, 0.2) is 35.5 Å². The summed E-state index contributed by atoms with van der Waals surface area (Å²) in [7, 11) is 0. The lowest BCUT2D eigenvalue weighted by atomic mass is 9.70. The Bertz CT molecular complexity index is 661. The number of oxime groups is 1. The van der Waals surface area contributed by atoms with Gasteiger partial charge in [0.05, 0.1) is 13.2 Å². The van der Waals surface area contributed by atoms with Crippen molar-refractivity contribution < 1.29 is 19.2 Å². The third-order valence-electron chi connectivity index (χ3n) is 5.31. The largest absolute Gasteiger partial charge is 0.395 e. The van der Waals surface area contributed by atoms with Gasteiger partial charge in [-0.05, 0) is 12.0 Å². The third kappa shape index (κ3) is 1.41. The summed E-state index contributed by atoms with van der Waals surface area (Å²) in [5.74, 6) is 0.0762. The lowest BCUT2D eigenvalue weighted by Crippen LogP contribution is -2.60. The zero-order chi connectivity index (χ0) is 14.7. The van der Waals surface area contributed by atoms with Gasteiger partial charge in [-0.1, -0.05) is 35.5 Å². The number of amides is 1. The highest BCUT2D eigenvalue weighted by Gasteiger charge is 2.66. The van der Waals surface area contributed by atoms with Gasteiger partial charge in [0.15, 0.2) is 5.71 Å². The molecule has 1 aromatic carbocycles. The molecule has 4 aliphatic rings. The first-order chi connectivity index (χ1) is 10.8. The molecular formula is C16H16N2O4. The van der Waals surface area contributed by atoms with Crippen molar-refractivity contribution in [3.63, 3.8) is 0 Å². The van der Waals surface area contributed by atoms with Gasteiger partial charge in [0, 0.05) is 11.8 Å². The van der Waals surface area contributed by atoms with E-state index >= 15 is 0 Å². The number of benzene rings is 1. The number of hydroxylamine groups is 2. The Morgan fingerprint density at radius 2 is 2.05 bits per heavy atom. The van der Waals surface area contributed by atoms with Crippen LogP contribution in [0.4, 0.5) is 0 Å². The number of piperidine rings is 1. The molecular weight excluding hydrogens is 284 g/mol. The van der Waals surface area contributed by atoms with E-state index < -0.39 is 5.54 Å². The summed E-state index contributed by atoms with van der Waals surface area (Å²) in [4.78, 5) is 23.6. The van der Waals surface area contributed by atoms with E-state index in [-0.39, 0.29) is 23.8 Å². The molecule has 0 aliphatic carbocycles. The van der Waals surface area contributed by atoms with E-state index in [9.17, 15) is 4.79 Å². The van der Waals surface area contributed by atoms with E-state index in [2.05, 4.69) is 17.3 Å². The number of fused-ring (bicyclic) bond motifs is 1. The summed E-state index contributed by atoms with van der Waals surface area (Å²) in [6.45, 7) is 1.62. The summed E-state index contributed by atoms with van der Waals surface area (Å²) >= 11 is 0. The molecule has 1 amide bonds. The van der Waals surface area contributed by atoms with E-state index in [4.69, 9.17) is 14.4 Å². The lowest BCUT2D eigenvalue weighted by molar-refractivity contribution is -0.201. The van der Waals surface area contributed by atoms with E-state index in [0.29, 0.717) is 25.5 Å². The zero-order valence-electron chi connectivity index (χ0n) is 12.0. The molecule has 1 aromatic rings. The van der Waals surface area contributed by atoms with Gasteiger partial charge in [-0.25, -0.2) is 5.06 Å². The second-order valence-electron chi connectivity index (χ2n) is 6.38. The Balaban J connectivity index is 1.62. The number of hydrogen-bond donors (Lipinski definition) is 0. The number of hydrogen-bond acceptors (Lipinski definition) is 5. The normalized spacial score (nSPS) is 39.1. The maximum Gasteiger partial charge on any atom is 0.296 e. The molecule has 0 saturated carbocycles. The predicted octanol–water partition coefficient (Wildman–Crippen LogP) is 1.29. The van der Waals surface area contributed by atoms with Crippen molar-refractivity contribution in [3.8, 4) is 0 Å². The fourth-order valence-corrected chi connectivity index (χ4v) is 4.30. The maximum atomic E-state index is 12.7. The summed E-state index contributed by atoms with van der Waals surface area (Å²) in [6.07, 6.45) is 0.620. The minimum atomic E-state index is -0.435. The Morgan fingerprint density at radius 1 is 1.18 bits per heavy atom. The average Bonchev–Trinajstić information content (AvgIpc) is 3.21. The molecule has 0 bridgehead atoms. The number of ether oxygens (including phenoxy) is 1. The first-order valence-electron chi connectivity index (χ1n) is 7.64. The first kappa shape index (κ1) is 12.6. The molecule has 0 aromatic heterocycles. The molecule has 4 aliphatic heterocycles. The van der Waals surface area contributed by atoms with Gasteiger partial charge >= 0.3 is 0 Å². The second kappa shape index (κ2) is 4.30. The van der Waals surface area contributed by atoms with Crippen LogP contribution in [-0.2, 0) is 19.2 Å². The van der Waals surface area contributed by atoms with Gasteiger partial charge in [-0.2, -0.15) is 0 Å². The fourth-order valence-electron chi connectivity index (χ4n) is 4.30. The number of nitrogens with zero attached hydrogens (tertiary/aromatic N) is 2. The van der Waals surface area contributed by atoms with Gasteiger partial charge in [0.25, 0.3) is 5.91 Å². The second-order valence-corrected chi connectivity index (χ2v) is 6.38. The molecule has 0 unspecified atom stereocenters. The molecule has 4 heterocycles. The molecule has 1 spiro atoms. The molecule has 6 nitrogen and oxygen atoms in total. The van der Waals surface area contributed by atoms with Crippen molar-refractivity contribution in [2.75, 3.05) is 19.8 Å². The van der Waals surface area contributed by atoms with Crippen molar-refractivity contribution in [1.82, 2.24) is 5.06 Å². The molecule has 4 atom stereocenters. The van der Waals surface area contributed by atoms with Gasteiger partial charge < -0.3 is 9.57 Å². The van der Waals surface area contributed by atoms with Crippen LogP contribution in [0.5, 0.6) is 0 Å². The molecule has 3 saturated heterocycles. The molecule has 0 N–H and O–H groups in total. The van der Waals surface area contributed by atoms with Crippen LogP contribution < -0.4 is 0 Å². The highest BCUT2D eigenvalue weighted by atomic mass is 16.7. The van der Waals surface area contributed by atoms with Gasteiger partial charge in [-0.15, -0.1) is 0 Å². The molecule has 0 radical (unpaired) electrons. The van der Waals surface area contributed by atoms with Crippen molar-refractivity contribution in [2.24, 2.45) is 17.0 Å².